The van der Waals surface area contributed by atoms with E-state index < -0.39 is 0 Å². The lowest BCUT2D eigenvalue weighted by Crippen LogP contribution is -2.37. The van der Waals surface area contributed by atoms with Crippen LogP contribution in [0, 0.1) is 0 Å². The highest BCUT2D eigenvalue weighted by molar-refractivity contribution is 5.94. The number of carbonyl (C=O) groups excluding carboxylic acids is 1. The van der Waals surface area contributed by atoms with Gasteiger partial charge in [0.05, 0.1) is 18.8 Å². The van der Waals surface area contributed by atoms with E-state index in [1.807, 2.05) is 23.1 Å². The number of amides is 1. The second-order valence-electron chi connectivity index (χ2n) is 6.25. The molecule has 2 aliphatic rings. The van der Waals surface area contributed by atoms with Gasteiger partial charge in [-0.15, -0.1) is 0 Å². The number of rotatable bonds is 2. The summed E-state index contributed by atoms with van der Waals surface area (Å²) in [6.07, 6.45) is 2.62. The number of carbonyl (C=O) groups is 1. The van der Waals surface area contributed by atoms with Crippen LogP contribution in [0.15, 0.2) is 42.6 Å². The third-order valence-electron chi connectivity index (χ3n) is 4.75. The van der Waals surface area contributed by atoms with Crippen molar-refractivity contribution in [1.82, 2.24) is 9.88 Å². The molecule has 0 aliphatic carbocycles. The third kappa shape index (κ3) is 2.99. The molecule has 1 amide bonds. The molecule has 5 heteroatoms. The molecule has 0 N–H and O–H groups in total. The maximum absolute atomic E-state index is 12.7. The maximum Gasteiger partial charge on any atom is 0.255 e. The molecule has 1 aromatic heterocycles. The number of fused-ring (bicyclic) bond motifs is 1. The molecule has 3 heterocycles. The molecule has 124 valence electrons. The number of anilines is 1. The van der Waals surface area contributed by atoms with Crippen molar-refractivity contribution in [2.45, 2.75) is 13.0 Å². The molecule has 1 fully saturated rings. The van der Waals surface area contributed by atoms with Gasteiger partial charge in [0, 0.05) is 32.4 Å². The Bertz CT molecular complexity index is 724. The van der Waals surface area contributed by atoms with E-state index in [0.29, 0.717) is 12.1 Å². The van der Waals surface area contributed by atoms with Crippen molar-refractivity contribution in [1.29, 1.82) is 0 Å². The summed E-state index contributed by atoms with van der Waals surface area (Å²) in [6, 6.07) is 12.2. The van der Waals surface area contributed by atoms with Crippen molar-refractivity contribution in [2.75, 3.05) is 37.7 Å². The van der Waals surface area contributed by atoms with Gasteiger partial charge in [0.25, 0.3) is 5.91 Å². The first-order chi connectivity index (χ1) is 11.8. The highest BCUT2D eigenvalue weighted by Gasteiger charge is 2.22. The SMILES string of the molecule is O=C(c1ccc(N2CCOCC2)nc1)N1CCc2ccccc2C1. The maximum atomic E-state index is 12.7. The Kier molecular flexibility index (Phi) is 4.17. The van der Waals surface area contributed by atoms with Crippen LogP contribution in [0.1, 0.15) is 21.5 Å². The molecule has 24 heavy (non-hydrogen) atoms. The van der Waals surface area contributed by atoms with Gasteiger partial charge in [-0.25, -0.2) is 4.98 Å². The lowest BCUT2D eigenvalue weighted by atomic mass is 9.99. The van der Waals surface area contributed by atoms with Crippen molar-refractivity contribution in [2.24, 2.45) is 0 Å². The Morgan fingerprint density at radius 1 is 1.00 bits per heavy atom. The molecule has 0 spiro atoms. The van der Waals surface area contributed by atoms with Crippen molar-refractivity contribution < 1.29 is 9.53 Å². The number of benzene rings is 1. The van der Waals surface area contributed by atoms with Gasteiger partial charge in [-0.05, 0) is 29.7 Å². The highest BCUT2D eigenvalue weighted by Crippen LogP contribution is 2.21. The normalized spacial score (nSPS) is 17.5. The van der Waals surface area contributed by atoms with Crippen molar-refractivity contribution >= 4 is 11.7 Å². The van der Waals surface area contributed by atoms with E-state index in [2.05, 4.69) is 28.1 Å². The van der Waals surface area contributed by atoms with Gasteiger partial charge in [0.15, 0.2) is 0 Å². The predicted molar refractivity (Wildman–Crippen MR) is 92.2 cm³/mol. The number of nitrogens with zero attached hydrogens (tertiary/aromatic N) is 3. The highest BCUT2D eigenvalue weighted by atomic mass is 16.5. The second-order valence-corrected chi connectivity index (χ2v) is 6.25. The first-order valence-electron chi connectivity index (χ1n) is 8.46. The summed E-state index contributed by atoms with van der Waals surface area (Å²) in [5.74, 6) is 0.976. The van der Waals surface area contributed by atoms with E-state index in [1.165, 1.54) is 11.1 Å². The van der Waals surface area contributed by atoms with Gasteiger partial charge < -0.3 is 14.5 Å². The largest absolute Gasteiger partial charge is 0.378 e. The van der Waals surface area contributed by atoms with Crippen LogP contribution in [-0.4, -0.2) is 48.6 Å². The van der Waals surface area contributed by atoms with Gasteiger partial charge in [-0.3, -0.25) is 4.79 Å². The van der Waals surface area contributed by atoms with E-state index >= 15 is 0 Å². The molecule has 1 saturated heterocycles. The predicted octanol–water partition coefficient (Wildman–Crippen LogP) is 2.12. The topological polar surface area (TPSA) is 45.7 Å². The zero-order valence-electron chi connectivity index (χ0n) is 13.6. The van der Waals surface area contributed by atoms with Crippen LogP contribution in [0.4, 0.5) is 5.82 Å². The van der Waals surface area contributed by atoms with Gasteiger partial charge in [-0.1, -0.05) is 24.3 Å². The smallest absolute Gasteiger partial charge is 0.255 e. The minimum atomic E-state index is 0.0607. The molecular weight excluding hydrogens is 302 g/mol. The molecular formula is C19H21N3O2. The second kappa shape index (κ2) is 6.61. The van der Waals surface area contributed by atoms with Crippen molar-refractivity contribution in [3.05, 3.63) is 59.3 Å². The summed E-state index contributed by atoms with van der Waals surface area (Å²) in [5.41, 5.74) is 3.25. The molecule has 4 rings (SSSR count). The van der Waals surface area contributed by atoms with Gasteiger partial charge >= 0.3 is 0 Å². The summed E-state index contributed by atoms with van der Waals surface area (Å²) >= 11 is 0. The van der Waals surface area contributed by atoms with Crippen molar-refractivity contribution in [3.63, 3.8) is 0 Å². The summed E-state index contributed by atoms with van der Waals surface area (Å²) in [5, 5.41) is 0. The lowest BCUT2D eigenvalue weighted by Gasteiger charge is -2.29. The van der Waals surface area contributed by atoms with Crippen LogP contribution in [0.3, 0.4) is 0 Å². The zero-order valence-corrected chi connectivity index (χ0v) is 13.6. The average Bonchev–Trinajstić information content (AvgIpc) is 2.68. The Balaban J connectivity index is 1.47. The fraction of sp³-hybridized carbons (Fsp3) is 0.368. The average molecular weight is 323 g/mol. The van der Waals surface area contributed by atoms with Crippen LogP contribution < -0.4 is 4.90 Å². The Morgan fingerprint density at radius 2 is 1.79 bits per heavy atom. The van der Waals surface area contributed by atoms with Crippen molar-refractivity contribution in [3.8, 4) is 0 Å². The monoisotopic (exact) mass is 323 g/mol. The summed E-state index contributed by atoms with van der Waals surface area (Å²) in [6.45, 7) is 4.61. The molecule has 0 radical (unpaired) electrons. The molecule has 0 saturated carbocycles. The molecule has 0 atom stereocenters. The number of hydrogen-bond acceptors (Lipinski definition) is 4. The molecule has 2 aromatic rings. The standard InChI is InChI=1S/C19H21N3O2/c23-19(22-8-7-15-3-1-2-4-17(15)14-22)16-5-6-18(20-13-16)21-9-11-24-12-10-21/h1-6,13H,7-12,14H2. The number of aromatic nitrogens is 1. The quantitative estimate of drug-likeness (QED) is 0.849. The first kappa shape index (κ1) is 15.1. The van der Waals surface area contributed by atoms with Crippen LogP contribution >= 0.6 is 0 Å². The summed E-state index contributed by atoms with van der Waals surface area (Å²) < 4.78 is 5.36. The number of pyridine rings is 1. The molecule has 2 aliphatic heterocycles. The molecule has 1 aromatic carbocycles. The lowest BCUT2D eigenvalue weighted by molar-refractivity contribution is 0.0734. The van der Waals surface area contributed by atoms with E-state index in [4.69, 9.17) is 4.74 Å². The molecule has 5 nitrogen and oxygen atoms in total. The molecule has 0 bridgehead atoms. The minimum absolute atomic E-state index is 0.0607. The van der Waals surface area contributed by atoms with E-state index in [9.17, 15) is 4.79 Å². The van der Waals surface area contributed by atoms with E-state index in [0.717, 1.165) is 45.1 Å². The molecule has 0 unspecified atom stereocenters. The number of morpholine rings is 1. The summed E-state index contributed by atoms with van der Waals surface area (Å²) in [4.78, 5) is 21.3. The van der Waals surface area contributed by atoms with Crippen LogP contribution in [0.25, 0.3) is 0 Å². The third-order valence-corrected chi connectivity index (χ3v) is 4.75. The minimum Gasteiger partial charge on any atom is -0.378 e. The number of ether oxygens (including phenoxy) is 1. The van der Waals surface area contributed by atoms with Gasteiger partial charge in [0.1, 0.15) is 5.82 Å². The fourth-order valence-electron chi connectivity index (χ4n) is 3.34. The Hall–Kier alpha value is -2.40. The van der Waals surface area contributed by atoms with E-state index in [-0.39, 0.29) is 5.91 Å². The summed E-state index contributed by atoms with van der Waals surface area (Å²) in [7, 11) is 0. The van der Waals surface area contributed by atoms with Gasteiger partial charge in [0.2, 0.25) is 0 Å². The zero-order chi connectivity index (χ0) is 16.4. The Morgan fingerprint density at radius 3 is 2.54 bits per heavy atom. The van der Waals surface area contributed by atoms with E-state index in [1.54, 1.807) is 6.20 Å². The Labute approximate surface area is 141 Å². The number of hydrogen-bond donors (Lipinski definition) is 0. The van der Waals surface area contributed by atoms with Gasteiger partial charge in [-0.2, -0.15) is 0 Å². The first-order valence-corrected chi connectivity index (χ1v) is 8.46. The fourth-order valence-corrected chi connectivity index (χ4v) is 3.34. The van der Waals surface area contributed by atoms with Crippen LogP contribution in [-0.2, 0) is 17.7 Å². The van der Waals surface area contributed by atoms with Crippen LogP contribution in [0.5, 0.6) is 0 Å². The van der Waals surface area contributed by atoms with Crippen LogP contribution in [0.2, 0.25) is 0 Å².